The number of carboxylic acid groups (broad SMARTS) is 1. The zero-order valence-electron chi connectivity index (χ0n) is 21.3. The van der Waals surface area contributed by atoms with Gasteiger partial charge in [0.1, 0.15) is 17.8 Å². The van der Waals surface area contributed by atoms with Crippen LogP contribution in [0, 0.1) is 27.7 Å². The van der Waals surface area contributed by atoms with Crippen molar-refractivity contribution >= 4 is 17.3 Å². The highest BCUT2D eigenvalue weighted by molar-refractivity contribution is 7.15. The number of hydrogen-bond donors (Lipinski definition) is 2. The second kappa shape index (κ2) is 10.3. The average Bonchev–Trinajstić information content (AvgIpc) is 3.55. The summed E-state index contributed by atoms with van der Waals surface area (Å²) in [6.45, 7) is 11.4. The van der Waals surface area contributed by atoms with Crippen molar-refractivity contribution < 1.29 is 23.5 Å². The van der Waals surface area contributed by atoms with Crippen LogP contribution in [0.25, 0.3) is 10.8 Å². The number of carboxylic acids is 1. The molecule has 0 bridgehead atoms. The maximum Gasteiger partial charge on any atom is 0.347 e. The highest BCUT2D eigenvalue weighted by Crippen LogP contribution is 2.31. The Labute approximate surface area is 214 Å². The Bertz CT molecular complexity index is 1330. The summed E-state index contributed by atoms with van der Waals surface area (Å²) in [7, 11) is 0. The first kappa shape index (κ1) is 25.7. The molecule has 0 aliphatic heterocycles. The summed E-state index contributed by atoms with van der Waals surface area (Å²) in [4.78, 5) is 22.8. The first-order valence-corrected chi connectivity index (χ1v) is 12.5. The number of nitrogens with zero attached hydrogens (tertiary/aromatic N) is 2. The lowest BCUT2D eigenvalue weighted by Crippen LogP contribution is -2.38. The lowest BCUT2D eigenvalue weighted by Gasteiger charge is -2.25. The van der Waals surface area contributed by atoms with Crippen LogP contribution >= 0.6 is 11.3 Å². The van der Waals surface area contributed by atoms with Gasteiger partial charge >= 0.3 is 5.97 Å². The predicted octanol–water partition coefficient (Wildman–Crippen LogP) is 5.94. The van der Waals surface area contributed by atoms with E-state index in [2.05, 4.69) is 23.3 Å². The zero-order chi connectivity index (χ0) is 26.0. The third-order valence-electron chi connectivity index (χ3n) is 5.94. The number of benzene rings is 1. The fraction of sp³-hybridized carbons (Fsp3) is 0.370. The molecule has 2 N–H and O–H groups in total. The SMILES string of the molecule is Cc1ccc(-c2nc(CC(NCc3cc(C)c(OC(C)(C)C(=O)O)c(C)c3)c3ncco3)c(C)o2)s1. The van der Waals surface area contributed by atoms with Crippen molar-refractivity contribution in [2.24, 2.45) is 0 Å². The summed E-state index contributed by atoms with van der Waals surface area (Å²) in [6.07, 6.45) is 3.74. The van der Waals surface area contributed by atoms with E-state index in [0.29, 0.717) is 30.5 Å². The molecule has 4 aromatic rings. The van der Waals surface area contributed by atoms with Crippen molar-refractivity contribution in [2.45, 2.75) is 66.2 Å². The number of nitrogens with one attached hydrogen (secondary N) is 1. The first-order valence-electron chi connectivity index (χ1n) is 11.7. The van der Waals surface area contributed by atoms with E-state index in [-0.39, 0.29) is 6.04 Å². The Balaban J connectivity index is 1.52. The van der Waals surface area contributed by atoms with Crippen molar-refractivity contribution in [1.29, 1.82) is 0 Å². The average molecular weight is 510 g/mol. The number of thiophene rings is 1. The van der Waals surface area contributed by atoms with Gasteiger partial charge in [-0.1, -0.05) is 12.1 Å². The second-order valence-corrected chi connectivity index (χ2v) is 10.7. The molecule has 190 valence electrons. The van der Waals surface area contributed by atoms with Crippen LogP contribution in [-0.2, 0) is 17.8 Å². The topological polar surface area (TPSA) is 111 Å². The molecule has 1 atom stereocenters. The zero-order valence-corrected chi connectivity index (χ0v) is 22.2. The molecule has 8 nitrogen and oxygen atoms in total. The van der Waals surface area contributed by atoms with Gasteiger partial charge in [-0.3, -0.25) is 0 Å². The lowest BCUT2D eigenvalue weighted by molar-refractivity contribution is -0.152. The van der Waals surface area contributed by atoms with Crippen LogP contribution in [0.3, 0.4) is 0 Å². The number of aliphatic carboxylic acids is 1. The molecule has 9 heteroatoms. The van der Waals surface area contributed by atoms with E-state index < -0.39 is 11.6 Å². The summed E-state index contributed by atoms with van der Waals surface area (Å²) >= 11 is 1.65. The fourth-order valence-electron chi connectivity index (χ4n) is 3.96. The van der Waals surface area contributed by atoms with Crippen LogP contribution in [0.15, 0.2) is 45.6 Å². The maximum atomic E-state index is 11.5. The van der Waals surface area contributed by atoms with E-state index in [9.17, 15) is 9.90 Å². The summed E-state index contributed by atoms with van der Waals surface area (Å²) < 4.78 is 17.4. The van der Waals surface area contributed by atoms with Gasteiger partial charge in [-0.25, -0.2) is 14.8 Å². The van der Waals surface area contributed by atoms with E-state index in [0.717, 1.165) is 33.0 Å². The summed E-state index contributed by atoms with van der Waals surface area (Å²) in [5.74, 6) is 1.54. The van der Waals surface area contributed by atoms with Crippen molar-refractivity contribution in [3.63, 3.8) is 0 Å². The molecule has 1 unspecified atom stereocenters. The molecule has 0 radical (unpaired) electrons. The minimum absolute atomic E-state index is 0.218. The van der Waals surface area contributed by atoms with Gasteiger partial charge in [0.25, 0.3) is 0 Å². The van der Waals surface area contributed by atoms with Crippen LogP contribution in [0.1, 0.15) is 58.8 Å². The van der Waals surface area contributed by atoms with Gasteiger partial charge in [0, 0.05) is 17.8 Å². The number of carbonyl (C=O) groups is 1. The molecule has 0 saturated heterocycles. The molecule has 36 heavy (non-hydrogen) atoms. The number of oxazole rings is 2. The molecule has 0 spiro atoms. The smallest absolute Gasteiger partial charge is 0.347 e. The summed E-state index contributed by atoms with van der Waals surface area (Å²) in [5.41, 5.74) is 2.31. The number of aromatic nitrogens is 2. The van der Waals surface area contributed by atoms with Gasteiger partial charge in [0.05, 0.1) is 22.8 Å². The van der Waals surface area contributed by atoms with E-state index in [1.54, 1.807) is 37.6 Å². The van der Waals surface area contributed by atoms with Crippen LogP contribution < -0.4 is 10.1 Å². The number of ether oxygens (including phenoxy) is 1. The molecule has 3 aromatic heterocycles. The minimum Gasteiger partial charge on any atom is -0.478 e. The van der Waals surface area contributed by atoms with E-state index in [1.807, 2.05) is 39.0 Å². The van der Waals surface area contributed by atoms with Gasteiger partial charge in [0.2, 0.25) is 11.8 Å². The number of rotatable bonds is 10. The molecule has 4 rings (SSSR count). The molecule has 0 aliphatic rings. The van der Waals surface area contributed by atoms with Gasteiger partial charge in [-0.15, -0.1) is 11.3 Å². The Morgan fingerprint density at radius 2 is 1.92 bits per heavy atom. The number of hydrogen-bond acceptors (Lipinski definition) is 8. The molecule has 0 aliphatic carbocycles. The Hall–Kier alpha value is -3.43. The van der Waals surface area contributed by atoms with Crippen LogP contribution in [0.5, 0.6) is 5.75 Å². The summed E-state index contributed by atoms with van der Waals surface area (Å²) in [5, 5.41) is 13.0. The van der Waals surface area contributed by atoms with Gasteiger partial charge in [-0.05, 0) is 70.4 Å². The minimum atomic E-state index is -1.32. The van der Waals surface area contributed by atoms with Crippen LogP contribution in [0.4, 0.5) is 0 Å². The van der Waals surface area contributed by atoms with E-state index >= 15 is 0 Å². The molecule has 0 fully saturated rings. The molecule has 0 saturated carbocycles. The first-order chi connectivity index (χ1) is 17.0. The number of aryl methyl sites for hydroxylation is 4. The molecular formula is C27H31N3O5S. The third-order valence-corrected chi connectivity index (χ3v) is 6.92. The Morgan fingerprint density at radius 3 is 2.50 bits per heavy atom. The molecule has 1 aromatic carbocycles. The highest BCUT2D eigenvalue weighted by atomic mass is 32.1. The largest absolute Gasteiger partial charge is 0.478 e. The van der Waals surface area contributed by atoms with Gasteiger partial charge in [-0.2, -0.15) is 0 Å². The second-order valence-electron chi connectivity index (χ2n) is 9.42. The lowest BCUT2D eigenvalue weighted by atomic mass is 10.0. The van der Waals surface area contributed by atoms with Crippen molar-refractivity contribution in [3.05, 3.63) is 75.6 Å². The molecule has 3 heterocycles. The van der Waals surface area contributed by atoms with Crippen molar-refractivity contribution in [1.82, 2.24) is 15.3 Å². The van der Waals surface area contributed by atoms with Crippen LogP contribution in [0.2, 0.25) is 0 Å². The normalized spacial score (nSPS) is 12.6. The molecule has 0 amide bonds. The van der Waals surface area contributed by atoms with Crippen molar-refractivity contribution in [3.8, 4) is 16.5 Å². The van der Waals surface area contributed by atoms with E-state index in [4.69, 9.17) is 18.6 Å². The highest BCUT2D eigenvalue weighted by Gasteiger charge is 2.30. The van der Waals surface area contributed by atoms with Crippen molar-refractivity contribution in [2.75, 3.05) is 0 Å². The van der Waals surface area contributed by atoms with E-state index in [1.165, 1.54) is 4.88 Å². The van der Waals surface area contributed by atoms with Crippen LogP contribution in [-0.4, -0.2) is 26.6 Å². The fourth-order valence-corrected chi connectivity index (χ4v) is 4.76. The third kappa shape index (κ3) is 5.68. The predicted molar refractivity (Wildman–Crippen MR) is 137 cm³/mol. The maximum absolute atomic E-state index is 11.5. The monoisotopic (exact) mass is 509 g/mol. The molecular weight excluding hydrogens is 478 g/mol. The quantitative estimate of drug-likeness (QED) is 0.270. The van der Waals surface area contributed by atoms with Gasteiger partial charge < -0.3 is 24.0 Å². The standard InChI is InChI=1S/C27H31N3O5S/c1-15-11-19(12-16(2)23(15)35-27(5,6)26(31)32)14-29-21(24-28-9-10-33-24)13-20-18(4)34-25(30-20)22-8-7-17(3)36-22/h7-12,21,29H,13-14H2,1-6H3,(H,31,32). The summed E-state index contributed by atoms with van der Waals surface area (Å²) in [6, 6.07) is 7.86. The Kier molecular flexibility index (Phi) is 7.33. The van der Waals surface area contributed by atoms with Gasteiger partial charge in [0.15, 0.2) is 5.60 Å². The Morgan fingerprint density at radius 1 is 1.19 bits per heavy atom.